The van der Waals surface area contributed by atoms with Crippen LogP contribution >= 0.6 is 11.3 Å². The summed E-state index contributed by atoms with van der Waals surface area (Å²) in [5, 5.41) is 12.7. The van der Waals surface area contributed by atoms with Crippen molar-refractivity contribution in [1.82, 2.24) is 15.1 Å². The first kappa shape index (κ1) is 12.3. The standard InChI is InChI=1S/C11H18N4OS/c1-9-13-14-11(17-9)12-6-5-10(16)15-7-3-2-4-8-15/h2-8H2,1H3,(H,12,14). The van der Waals surface area contributed by atoms with E-state index in [1.807, 2.05) is 11.8 Å². The summed E-state index contributed by atoms with van der Waals surface area (Å²) in [5.41, 5.74) is 0. The monoisotopic (exact) mass is 254 g/mol. The van der Waals surface area contributed by atoms with Crippen molar-refractivity contribution >= 4 is 22.4 Å². The number of hydrogen-bond acceptors (Lipinski definition) is 5. The van der Waals surface area contributed by atoms with Gasteiger partial charge in [-0.15, -0.1) is 10.2 Å². The third kappa shape index (κ3) is 3.66. The van der Waals surface area contributed by atoms with Crippen molar-refractivity contribution in [2.75, 3.05) is 25.0 Å². The van der Waals surface area contributed by atoms with Gasteiger partial charge >= 0.3 is 0 Å². The van der Waals surface area contributed by atoms with Gasteiger partial charge in [-0.1, -0.05) is 11.3 Å². The molecule has 0 radical (unpaired) electrons. The van der Waals surface area contributed by atoms with Crippen LogP contribution in [-0.4, -0.2) is 40.6 Å². The molecule has 0 aliphatic carbocycles. The highest BCUT2D eigenvalue weighted by Gasteiger charge is 2.15. The fourth-order valence-electron chi connectivity index (χ4n) is 1.95. The van der Waals surface area contributed by atoms with Gasteiger partial charge in [0.05, 0.1) is 0 Å². The zero-order valence-electron chi connectivity index (χ0n) is 10.1. The van der Waals surface area contributed by atoms with Crippen molar-refractivity contribution in [1.29, 1.82) is 0 Å². The first-order chi connectivity index (χ1) is 8.25. The molecular weight excluding hydrogens is 236 g/mol. The van der Waals surface area contributed by atoms with E-state index in [4.69, 9.17) is 0 Å². The fraction of sp³-hybridized carbons (Fsp3) is 0.727. The number of aryl methyl sites for hydroxylation is 1. The molecule has 1 amide bonds. The lowest BCUT2D eigenvalue weighted by molar-refractivity contribution is -0.131. The van der Waals surface area contributed by atoms with E-state index in [0.717, 1.165) is 36.1 Å². The predicted octanol–water partition coefficient (Wildman–Crippen LogP) is 1.66. The van der Waals surface area contributed by atoms with Crippen molar-refractivity contribution in [3.8, 4) is 0 Å². The Morgan fingerprint density at radius 2 is 2.12 bits per heavy atom. The van der Waals surface area contributed by atoms with Crippen molar-refractivity contribution in [3.63, 3.8) is 0 Å². The molecule has 1 N–H and O–H groups in total. The molecule has 17 heavy (non-hydrogen) atoms. The number of aromatic nitrogens is 2. The van der Waals surface area contributed by atoms with E-state index in [0.29, 0.717) is 13.0 Å². The summed E-state index contributed by atoms with van der Waals surface area (Å²) in [4.78, 5) is 13.8. The first-order valence-electron chi connectivity index (χ1n) is 6.07. The molecule has 0 saturated carbocycles. The fourth-order valence-corrected chi connectivity index (χ4v) is 2.56. The number of likely N-dealkylation sites (tertiary alicyclic amines) is 1. The van der Waals surface area contributed by atoms with Gasteiger partial charge < -0.3 is 10.2 Å². The Labute approximate surface area is 105 Å². The summed E-state index contributed by atoms with van der Waals surface area (Å²) < 4.78 is 0. The number of rotatable bonds is 4. The van der Waals surface area contributed by atoms with E-state index in [-0.39, 0.29) is 5.91 Å². The van der Waals surface area contributed by atoms with Crippen LogP contribution in [0.3, 0.4) is 0 Å². The van der Waals surface area contributed by atoms with E-state index in [9.17, 15) is 4.79 Å². The molecule has 1 aromatic rings. The highest BCUT2D eigenvalue weighted by molar-refractivity contribution is 7.15. The lowest BCUT2D eigenvalue weighted by Crippen LogP contribution is -2.36. The molecule has 2 rings (SSSR count). The maximum atomic E-state index is 11.8. The molecule has 6 heteroatoms. The van der Waals surface area contributed by atoms with Gasteiger partial charge in [-0.05, 0) is 26.2 Å². The average Bonchev–Trinajstić information content (AvgIpc) is 2.76. The zero-order chi connectivity index (χ0) is 12.1. The number of nitrogens with zero attached hydrogens (tertiary/aromatic N) is 3. The Kier molecular flexibility index (Phi) is 4.30. The van der Waals surface area contributed by atoms with Crippen LogP contribution in [0, 0.1) is 6.92 Å². The Hall–Kier alpha value is -1.17. The molecular formula is C11H18N4OS. The number of carbonyl (C=O) groups excluding carboxylic acids is 1. The van der Waals surface area contributed by atoms with E-state index in [1.54, 1.807) is 0 Å². The molecule has 1 aliphatic rings. The Morgan fingerprint density at radius 1 is 1.35 bits per heavy atom. The van der Waals surface area contributed by atoms with Gasteiger partial charge in [-0.2, -0.15) is 0 Å². The minimum Gasteiger partial charge on any atom is -0.360 e. The van der Waals surface area contributed by atoms with Crippen molar-refractivity contribution < 1.29 is 4.79 Å². The van der Waals surface area contributed by atoms with Gasteiger partial charge in [0.15, 0.2) is 0 Å². The van der Waals surface area contributed by atoms with Gasteiger partial charge in [0.1, 0.15) is 5.01 Å². The summed E-state index contributed by atoms with van der Waals surface area (Å²) in [7, 11) is 0. The Morgan fingerprint density at radius 3 is 2.76 bits per heavy atom. The molecule has 0 unspecified atom stereocenters. The van der Waals surface area contributed by atoms with Gasteiger partial charge in [-0.25, -0.2) is 0 Å². The number of carbonyl (C=O) groups is 1. The highest BCUT2D eigenvalue weighted by atomic mass is 32.1. The normalized spacial score (nSPS) is 15.9. The van der Waals surface area contributed by atoms with Crippen LogP contribution in [0.5, 0.6) is 0 Å². The summed E-state index contributed by atoms with van der Waals surface area (Å²) in [6, 6.07) is 0. The third-order valence-electron chi connectivity index (χ3n) is 2.85. The highest BCUT2D eigenvalue weighted by Crippen LogP contribution is 2.14. The summed E-state index contributed by atoms with van der Waals surface area (Å²) in [6.45, 7) is 4.42. The minimum atomic E-state index is 0.249. The summed E-state index contributed by atoms with van der Waals surface area (Å²) in [6.07, 6.45) is 4.09. The van der Waals surface area contributed by atoms with Crippen LogP contribution in [0.2, 0.25) is 0 Å². The molecule has 0 atom stereocenters. The maximum absolute atomic E-state index is 11.8. The van der Waals surface area contributed by atoms with Crippen LogP contribution < -0.4 is 5.32 Å². The van der Waals surface area contributed by atoms with Gasteiger partial charge in [0.2, 0.25) is 11.0 Å². The van der Waals surface area contributed by atoms with E-state index in [2.05, 4.69) is 15.5 Å². The predicted molar refractivity (Wildman–Crippen MR) is 68.2 cm³/mol. The number of hydrogen-bond donors (Lipinski definition) is 1. The van der Waals surface area contributed by atoms with Crippen molar-refractivity contribution in [2.24, 2.45) is 0 Å². The largest absolute Gasteiger partial charge is 0.360 e. The Balaban J connectivity index is 1.69. The van der Waals surface area contributed by atoms with Crippen LogP contribution in [0.1, 0.15) is 30.7 Å². The quantitative estimate of drug-likeness (QED) is 0.888. The molecule has 0 bridgehead atoms. The second kappa shape index (κ2) is 5.95. The average molecular weight is 254 g/mol. The SMILES string of the molecule is Cc1nnc(NCCC(=O)N2CCCCC2)s1. The van der Waals surface area contributed by atoms with Crippen LogP contribution in [0.4, 0.5) is 5.13 Å². The third-order valence-corrected chi connectivity index (χ3v) is 3.65. The molecule has 2 heterocycles. The molecule has 5 nitrogen and oxygen atoms in total. The molecule has 1 aromatic heterocycles. The molecule has 0 aromatic carbocycles. The molecule has 1 aliphatic heterocycles. The topological polar surface area (TPSA) is 58.1 Å². The molecule has 0 spiro atoms. The van der Waals surface area contributed by atoms with Crippen LogP contribution in [-0.2, 0) is 4.79 Å². The molecule has 94 valence electrons. The molecule has 1 saturated heterocycles. The van der Waals surface area contributed by atoms with E-state index in [1.165, 1.54) is 17.8 Å². The maximum Gasteiger partial charge on any atom is 0.224 e. The van der Waals surface area contributed by atoms with Crippen molar-refractivity contribution in [3.05, 3.63) is 5.01 Å². The van der Waals surface area contributed by atoms with Gasteiger partial charge in [0, 0.05) is 26.1 Å². The van der Waals surface area contributed by atoms with Crippen LogP contribution in [0.15, 0.2) is 0 Å². The number of nitrogens with one attached hydrogen (secondary N) is 1. The molecule has 1 fully saturated rings. The second-order valence-corrected chi connectivity index (χ2v) is 5.43. The zero-order valence-corrected chi connectivity index (χ0v) is 10.9. The summed E-state index contributed by atoms with van der Waals surface area (Å²) >= 11 is 1.52. The van der Waals surface area contributed by atoms with Gasteiger partial charge in [0.25, 0.3) is 0 Å². The first-order valence-corrected chi connectivity index (χ1v) is 6.89. The van der Waals surface area contributed by atoms with Crippen molar-refractivity contribution in [2.45, 2.75) is 32.6 Å². The number of anilines is 1. The summed E-state index contributed by atoms with van der Waals surface area (Å²) in [5.74, 6) is 0.249. The minimum absolute atomic E-state index is 0.249. The lowest BCUT2D eigenvalue weighted by atomic mass is 10.1. The van der Waals surface area contributed by atoms with Gasteiger partial charge in [-0.3, -0.25) is 4.79 Å². The van der Waals surface area contributed by atoms with E-state index >= 15 is 0 Å². The van der Waals surface area contributed by atoms with E-state index < -0.39 is 0 Å². The number of amides is 1. The lowest BCUT2D eigenvalue weighted by Gasteiger charge is -2.26. The van der Waals surface area contributed by atoms with Crippen LogP contribution in [0.25, 0.3) is 0 Å². The smallest absolute Gasteiger partial charge is 0.224 e. The second-order valence-electron chi connectivity index (χ2n) is 4.24. The number of piperidine rings is 1. The Bertz CT molecular complexity index is 373.